The zero-order valence-corrected chi connectivity index (χ0v) is 18.5. The van der Waals surface area contributed by atoms with Crippen molar-refractivity contribution >= 4 is 45.2 Å². The number of hydrogen-bond donors (Lipinski definition) is 1. The molecule has 0 saturated carbocycles. The summed E-state index contributed by atoms with van der Waals surface area (Å²) in [5.41, 5.74) is 7.27. The van der Waals surface area contributed by atoms with Gasteiger partial charge in [0.25, 0.3) is 0 Å². The summed E-state index contributed by atoms with van der Waals surface area (Å²) in [5, 5.41) is 2.36. The van der Waals surface area contributed by atoms with Crippen LogP contribution < -0.4 is 10.6 Å². The molecule has 1 amide bonds. The second-order valence-corrected chi connectivity index (χ2v) is 8.31. The number of esters is 1. The lowest BCUT2D eigenvalue weighted by atomic mass is 10.1. The minimum absolute atomic E-state index is 0.0593. The molecule has 0 bridgehead atoms. The van der Waals surface area contributed by atoms with Crippen LogP contribution in [0.1, 0.15) is 29.3 Å². The first-order valence-corrected chi connectivity index (χ1v) is 11.3. The van der Waals surface area contributed by atoms with E-state index in [4.69, 9.17) is 10.5 Å². The molecule has 2 aromatic heterocycles. The number of amides is 1. The molecule has 1 aliphatic rings. The maximum atomic E-state index is 13.0. The van der Waals surface area contributed by atoms with Gasteiger partial charge in [0.1, 0.15) is 16.5 Å². The van der Waals surface area contributed by atoms with Gasteiger partial charge in [-0.1, -0.05) is 12.1 Å². The molecule has 168 valence electrons. The summed E-state index contributed by atoms with van der Waals surface area (Å²) in [7, 11) is 0. The SMILES string of the molecule is CCOC(=O)c1csc2nc(N)nc(N3CCN(C(=O)CCc4ccc(F)cc4)CC3)c12. The lowest BCUT2D eigenvalue weighted by Crippen LogP contribution is -2.49. The number of piperazine rings is 1. The molecule has 10 heteroatoms. The molecule has 1 fully saturated rings. The Balaban J connectivity index is 1.44. The highest BCUT2D eigenvalue weighted by Gasteiger charge is 2.26. The number of nitrogens with zero attached hydrogens (tertiary/aromatic N) is 4. The zero-order chi connectivity index (χ0) is 22.7. The molecular formula is C22H24FN5O3S. The molecule has 8 nitrogen and oxygen atoms in total. The van der Waals surface area contributed by atoms with E-state index in [1.165, 1.54) is 23.5 Å². The summed E-state index contributed by atoms with van der Waals surface area (Å²) in [6.45, 7) is 4.23. The van der Waals surface area contributed by atoms with Crippen LogP contribution in [0.25, 0.3) is 10.2 Å². The molecule has 0 spiro atoms. The van der Waals surface area contributed by atoms with E-state index >= 15 is 0 Å². The number of nitrogen functional groups attached to an aromatic ring is 1. The normalized spacial score (nSPS) is 14.1. The van der Waals surface area contributed by atoms with Crippen molar-refractivity contribution in [3.8, 4) is 0 Å². The molecule has 1 aliphatic heterocycles. The Bertz CT molecular complexity index is 1130. The van der Waals surface area contributed by atoms with Crippen LogP contribution in [0.2, 0.25) is 0 Å². The Hall–Kier alpha value is -3.27. The minimum Gasteiger partial charge on any atom is -0.462 e. The predicted molar refractivity (Wildman–Crippen MR) is 121 cm³/mol. The van der Waals surface area contributed by atoms with Crippen molar-refractivity contribution in [3.05, 3.63) is 46.6 Å². The first kappa shape index (κ1) is 21.9. The van der Waals surface area contributed by atoms with E-state index in [1.807, 2.05) is 9.80 Å². The van der Waals surface area contributed by atoms with Gasteiger partial charge in [-0.25, -0.2) is 14.2 Å². The number of benzene rings is 1. The van der Waals surface area contributed by atoms with Crippen molar-refractivity contribution in [2.45, 2.75) is 19.8 Å². The van der Waals surface area contributed by atoms with Crippen LogP contribution >= 0.6 is 11.3 Å². The lowest BCUT2D eigenvalue weighted by molar-refractivity contribution is -0.131. The molecule has 4 rings (SSSR count). The second-order valence-electron chi connectivity index (χ2n) is 7.45. The van der Waals surface area contributed by atoms with Gasteiger partial charge in [-0.2, -0.15) is 4.98 Å². The Morgan fingerprint density at radius 2 is 1.88 bits per heavy atom. The van der Waals surface area contributed by atoms with Gasteiger partial charge in [-0.05, 0) is 31.0 Å². The number of hydrogen-bond acceptors (Lipinski definition) is 8. The van der Waals surface area contributed by atoms with Gasteiger partial charge < -0.3 is 20.3 Å². The Morgan fingerprint density at radius 3 is 2.56 bits per heavy atom. The molecule has 0 unspecified atom stereocenters. The number of ether oxygens (including phenoxy) is 1. The summed E-state index contributed by atoms with van der Waals surface area (Å²) in [4.78, 5) is 38.2. The van der Waals surface area contributed by atoms with Crippen molar-refractivity contribution in [2.75, 3.05) is 43.4 Å². The van der Waals surface area contributed by atoms with E-state index in [0.29, 0.717) is 60.6 Å². The first-order chi connectivity index (χ1) is 15.5. The first-order valence-electron chi connectivity index (χ1n) is 10.4. The topological polar surface area (TPSA) is 102 Å². The average Bonchev–Trinajstić information content (AvgIpc) is 3.22. The number of rotatable bonds is 6. The number of carbonyl (C=O) groups is 2. The molecule has 1 saturated heterocycles. The Labute approximate surface area is 188 Å². The van der Waals surface area contributed by atoms with E-state index in [2.05, 4.69) is 9.97 Å². The number of fused-ring (bicyclic) bond motifs is 1. The van der Waals surface area contributed by atoms with E-state index in [9.17, 15) is 14.0 Å². The maximum absolute atomic E-state index is 13.0. The monoisotopic (exact) mass is 457 g/mol. The van der Waals surface area contributed by atoms with Crippen molar-refractivity contribution in [2.24, 2.45) is 0 Å². The summed E-state index contributed by atoms with van der Waals surface area (Å²) in [6.07, 6.45) is 0.939. The summed E-state index contributed by atoms with van der Waals surface area (Å²) >= 11 is 1.32. The number of aromatic nitrogens is 2. The second kappa shape index (κ2) is 9.47. The van der Waals surface area contributed by atoms with Crippen LogP contribution in [0.4, 0.5) is 16.2 Å². The lowest BCUT2D eigenvalue weighted by Gasteiger charge is -2.35. The van der Waals surface area contributed by atoms with E-state index < -0.39 is 5.97 Å². The third-order valence-electron chi connectivity index (χ3n) is 5.40. The van der Waals surface area contributed by atoms with E-state index in [-0.39, 0.29) is 24.3 Å². The maximum Gasteiger partial charge on any atom is 0.339 e. The highest BCUT2D eigenvalue weighted by molar-refractivity contribution is 7.17. The molecule has 1 aromatic carbocycles. The van der Waals surface area contributed by atoms with Gasteiger partial charge in [0.05, 0.1) is 17.6 Å². The molecule has 0 atom stereocenters. The van der Waals surface area contributed by atoms with Gasteiger partial charge >= 0.3 is 5.97 Å². The fourth-order valence-corrected chi connectivity index (χ4v) is 4.66. The Kier molecular flexibility index (Phi) is 6.50. The standard InChI is InChI=1S/C22H24FN5O3S/c1-2-31-21(30)16-13-32-20-18(16)19(25-22(24)26-20)28-11-9-27(10-12-28)17(29)8-5-14-3-6-15(23)7-4-14/h3-4,6-7,13H,2,5,8-12H2,1H3,(H2,24,25,26). The van der Waals surface area contributed by atoms with Crippen LogP contribution in [-0.2, 0) is 16.0 Å². The highest BCUT2D eigenvalue weighted by Crippen LogP contribution is 2.33. The largest absolute Gasteiger partial charge is 0.462 e. The summed E-state index contributed by atoms with van der Waals surface area (Å²) < 4.78 is 18.2. The van der Waals surface area contributed by atoms with Crippen LogP contribution in [0, 0.1) is 5.82 Å². The predicted octanol–water partition coefficient (Wildman–Crippen LogP) is 2.87. The van der Waals surface area contributed by atoms with E-state index in [1.54, 1.807) is 24.4 Å². The third kappa shape index (κ3) is 4.64. The molecule has 3 aromatic rings. The molecule has 0 aliphatic carbocycles. The third-order valence-corrected chi connectivity index (χ3v) is 6.27. The molecule has 2 N–H and O–H groups in total. The number of carbonyl (C=O) groups excluding carboxylic acids is 2. The molecular weight excluding hydrogens is 433 g/mol. The molecule has 3 heterocycles. The average molecular weight is 458 g/mol. The van der Waals surface area contributed by atoms with Crippen molar-refractivity contribution in [3.63, 3.8) is 0 Å². The molecule has 0 radical (unpaired) electrons. The quantitative estimate of drug-likeness (QED) is 0.568. The van der Waals surface area contributed by atoms with Gasteiger partial charge in [-0.3, -0.25) is 4.79 Å². The van der Waals surface area contributed by atoms with Crippen LogP contribution in [-0.4, -0.2) is 59.5 Å². The van der Waals surface area contributed by atoms with Gasteiger partial charge in [0.2, 0.25) is 11.9 Å². The zero-order valence-electron chi connectivity index (χ0n) is 17.7. The van der Waals surface area contributed by atoms with Gasteiger partial charge in [-0.15, -0.1) is 11.3 Å². The number of aryl methyl sites for hydroxylation is 1. The van der Waals surface area contributed by atoms with Gasteiger partial charge in [0, 0.05) is 38.0 Å². The van der Waals surface area contributed by atoms with E-state index in [0.717, 1.165) is 5.56 Å². The highest BCUT2D eigenvalue weighted by atomic mass is 32.1. The fraction of sp³-hybridized carbons (Fsp3) is 0.364. The number of anilines is 2. The minimum atomic E-state index is -0.414. The fourth-order valence-electron chi connectivity index (χ4n) is 3.76. The number of halogens is 1. The van der Waals surface area contributed by atoms with Gasteiger partial charge in [0.15, 0.2) is 0 Å². The summed E-state index contributed by atoms with van der Waals surface area (Å²) in [6, 6.07) is 6.21. The van der Waals surface area contributed by atoms with Crippen molar-refractivity contribution in [1.82, 2.24) is 14.9 Å². The van der Waals surface area contributed by atoms with Crippen LogP contribution in [0.15, 0.2) is 29.6 Å². The van der Waals surface area contributed by atoms with Crippen LogP contribution in [0.5, 0.6) is 0 Å². The smallest absolute Gasteiger partial charge is 0.339 e. The Morgan fingerprint density at radius 1 is 1.16 bits per heavy atom. The van der Waals surface area contributed by atoms with Crippen molar-refractivity contribution < 1.29 is 18.7 Å². The molecule has 32 heavy (non-hydrogen) atoms. The summed E-state index contributed by atoms with van der Waals surface area (Å²) in [5.74, 6) is 0.0947. The number of nitrogens with two attached hydrogens (primary N) is 1. The number of thiophene rings is 1. The van der Waals surface area contributed by atoms with Crippen LogP contribution in [0.3, 0.4) is 0 Å². The van der Waals surface area contributed by atoms with Crippen molar-refractivity contribution in [1.29, 1.82) is 0 Å².